The summed E-state index contributed by atoms with van der Waals surface area (Å²) in [4.78, 5) is 14.1. The van der Waals surface area contributed by atoms with Crippen LogP contribution in [0, 0.1) is 0 Å². The van der Waals surface area contributed by atoms with Crippen molar-refractivity contribution in [3.05, 3.63) is 59.8 Å². The van der Waals surface area contributed by atoms with E-state index in [1.165, 1.54) is 31.2 Å². The quantitative estimate of drug-likeness (QED) is 0.736. The summed E-state index contributed by atoms with van der Waals surface area (Å²) in [6, 6.07) is 12.7. The Balaban J connectivity index is 1.25. The predicted octanol–water partition coefficient (Wildman–Crippen LogP) is 4.10. The number of aromatic nitrogens is 2. The van der Waals surface area contributed by atoms with Gasteiger partial charge in [0, 0.05) is 45.5 Å². The van der Waals surface area contributed by atoms with Crippen molar-refractivity contribution in [3.63, 3.8) is 0 Å². The number of piperazine rings is 1. The molecule has 5 nitrogen and oxygen atoms in total. The van der Waals surface area contributed by atoms with E-state index in [0.29, 0.717) is 0 Å². The SMILES string of the molecule is C1=C(CCNc2ccnc(N3CCN(Cc4ccccc4)CC3)n2)CCCC1. The molecule has 1 N–H and O–H groups in total. The normalized spacial score (nSPS) is 18.0. The second kappa shape index (κ2) is 9.69. The lowest BCUT2D eigenvalue weighted by molar-refractivity contribution is 0.248. The average molecular weight is 378 g/mol. The van der Waals surface area contributed by atoms with Crippen LogP contribution in [0.1, 0.15) is 37.7 Å². The van der Waals surface area contributed by atoms with Crippen molar-refractivity contribution in [3.8, 4) is 0 Å². The molecule has 1 fully saturated rings. The lowest BCUT2D eigenvalue weighted by Gasteiger charge is -2.34. The van der Waals surface area contributed by atoms with Crippen LogP contribution in [0.2, 0.25) is 0 Å². The smallest absolute Gasteiger partial charge is 0.227 e. The van der Waals surface area contributed by atoms with Gasteiger partial charge in [-0.15, -0.1) is 0 Å². The Hall–Kier alpha value is -2.40. The van der Waals surface area contributed by atoms with Gasteiger partial charge in [0.05, 0.1) is 0 Å². The van der Waals surface area contributed by atoms with Crippen LogP contribution in [0.4, 0.5) is 11.8 Å². The Bertz CT molecular complexity index is 766. The molecular formula is C23H31N5. The molecule has 28 heavy (non-hydrogen) atoms. The minimum absolute atomic E-state index is 0.848. The topological polar surface area (TPSA) is 44.3 Å². The van der Waals surface area contributed by atoms with Crippen LogP contribution in [0.5, 0.6) is 0 Å². The Labute approximate surface area is 168 Å². The highest BCUT2D eigenvalue weighted by Gasteiger charge is 2.19. The molecule has 2 aliphatic rings. The molecule has 0 saturated carbocycles. The first-order valence-electron chi connectivity index (χ1n) is 10.6. The van der Waals surface area contributed by atoms with Gasteiger partial charge in [0.1, 0.15) is 5.82 Å². The number of hydrogen-bond acceptors (Lipinski definition) is 5. The van der Waals surface area contributed by atoms with Gasteiger partial charge in [-0.05, 0) is 43.7 Å². The predicted molar refractivity (Wildman–Crippen MR) is 116 cm³/mol. The highest BCUT2D eigenvalue weighted by Crippen LogP contribution is 2.20. The molecule has 0 atom stereocenters. The van der Waals surface area contributed by atoms with E-state index in [1.54, 1.807) is 5.57 Å². The van der Waals surface area contributed by atoms with Gasteiger partial charge in [-0.2, -0.15) is 4.98 Å². The van der Waals surface area contributed by atoms with Crippen LogP contribution in [0.3, 0.4) is 0 Å². The number of nitrogens with zero attached hydrogens (tertiary/aromatic N) is 4. The van der Waals surface area contributed by atoms with Crippen LogP contribution in [0.15, 0.2) is 54.2 Å². The number of nitrogens with one attached hydrogen (secondary N) is 1. The highest BCUT2D eigenvalue weighted by molar-refractivity contribution is 5.41. The largest absolute Gasteiger partial charge is 0.370 e. The van der Waals surface area contributed by atoms with Gasteiger partial charge in [-0.25, -0.2) is 4.98 Å². The van der Waals surface area contributed by atoms with Crippen molar-refractivity contribution in [1.29, 1.82) is 0 Å². The number of benzene rings is 1. The van der Waals surface area contributed by atoms with Crippen LogP contribution < -0.4 is 10.2 Å². The third-order valence-corrected chi connectivity index (χ3v) is 5.68. The number of anilines is 2. The van der Waals surface area contributed by atoms with E-state index in [1.807, 2.05) is 12.3 Å². The molecule has 1 aromatic heterocycles. The molecule has 1 aromatic carbocycles. The van der Waals surface area contributed by atoms with Crippen LogP contribution in [-0.4, -0.2) is 47.6 Å². The second-order valence-corrected chi connectivity index (χ2v) is 7.78. The fourth-order valence-electron chi connectivity index (χ4n) is 4.03. The van der Waals surface area contributed by atoms with Gasteiger partial charge in [-0.1, -0.05) is 42.0 Å². The standard InChI is InChI=1S/C23H31N5/c1-3-7-20(8-4-1)11-13-24-22-12-14-25-23(26-22)28-17-15-27(16-18-28)19-21-9-5-2-6-10-21/h2,5-7,9-10,12,14H,1,3-4,8,11,13,15-19H2,(H,24,25,26). The number of hydrogen-bond donors (Lipinski definition) is 1. The summed E-state index contributed by atoms with van der Waals surface area (Å²) < 4.78 is 0. The summed E-state index contributed by atoms with van der Waals surface area (Å²) in [5.74, 6) is 1.79. The van der Waals surface area contributed by atoms with Crippen LogP contribution in [0.25, 0.3) is 0 Å². The maximum absolute atomic E-state index is 4.75. The van der Waals surface area contributed by atoms with E-state index in [-0.39, 0.29) is 0 Å². The van der Waals surface area contributed by atoms with Gasteiger partial charge in [0.25, 0.3) is 0 Å². The number of allylic oxidation sites excluding steroid dienone is 1. The Morgan fingerprint density at radius 1 is 0.964 bits per heavy atom. The van der Waals surface area contributed by atoms with Crippen molar-refractivity contribution < 1.29 is 0 Å². The van der Waals surface area contributed by atoms with Gasteiger partial charge < -0.3 is 10.2 Å². The molecule has 0 bridgehead atoms. The first-order chi connectivity index (χ1) is 13.9. The maximum Gasteiger partial charge on any atom is 0.227 e. The summed E-state index contributed by atoms with van der Waals surface area (Å²) in [6.45, 7) is 6.01. The first kappa shape index (κ1) is 18.9. The van der Waals surface area contributed by atoms with Gasteiger partial charge in [-0.3, -0.25) is 4.90 Å². The van der Waals surface area contributed by atoms with Crippen molar-refractivity contribution in [2.75, 3.05) is 42.9 Å². The molecule has 0 amide bonds. The molecule has 2 heterocycles. The number of rotatable bonds is 7. The zero-order valence-electron chi connectivity index (χ0n) is 16.7. The van der Waals surface area contributed by atoms with Gasteiger partial charge >= 0.3 is 0 Å². The minimum atomic E-state index is 0.848. The fourth-order valence-corrected chi connectivity index (χ4v) is 4.03. The second-order valence-electron chi connectivity index (χ2n) is 7.78. The molecule has 0 radical (unpaired) electrons. The highest BCUT2D eigenvalue weighted by atomic mass is 15.3. The summed E-state index contributed by atoms with van der Waals surface area (Å²) in [5, 5.41) is 3.48. The molecule has 1 aliphatic heterocycles. The molecule has 1 aliphatic carbocycles. The fraction of sp³-hybridized carbons (Fsp3) is 0.478. The van der Waals surface area contributed by atoms with Crippen molar-refractivity contribution in [2.24, 2.45) is 0 Å². The van der Waals surface area contributed by atoms with Crippen molar-refractivity contribution in [1.82, 2.24) is 14.9 Å². The van der Waals surface area contributed by atoms with Crippen LogP contribution in [-0.2, 0) is 6.54 Å². The Morgan fingerprint density at radius 2 is 1.82 bits per heavy atom. The molecule has 0 spiro atoms. The van der Waals surface area contributed by atoms with E-state index >= 15 is 0 Å². The summed E-state index contributed by atoms with van der Waals surface area (Å²) in [5.41, 5.74) is 2.98. The zero-order chi connectivity index (χ0) is 19.0. The summed E-state index contributed by atoms with van der Waals surface area (Å²) >= 11 is 0. The third kappa shape index (κ3) is 5.32. The van der Waals surface area contributed by atoms with Gasteiger partial charge in [0.2, 0.25) is 5.95 Å². The van der Waals surface area contributed by atoms with Crippen LogP contribution >= 0.6 is 0 Å². The van der Waals surface area contributed by atoms with E-state index in [0.717, 1.165) is 57.5 Å². The van der Waals surface area contributed by atoms with E-state index in [2.05, 4.69) is 56.5 Å². The molecular weight excluding hydrogens is 346 g/mol. The average Bonchev–Trinajstić information content (AvgIpc) is 2.76. The Kier molecular flexibility index (Phi) is 6.56. The molecule has 2 aromatic rings. The van der Waals surface area contributed by atoms with Crippen molar-refractivity contribution in [2.45, 2.75) is 38.6 Å². The molecule has 148 valence electrons. The van der Waals surface area contributed by atoms with Crippen molar-refractivity contribution >= 4 is 11.8 Å². The molecule has 5 heteroatoms. The molecule has 4 rings (SSSR count). The van der Waals surface area contributed by atoms with E-state index in [4.69, 9.17) is 4.98 Å². The molecule has 1 saturated heterocycles. The zero-order valence-corrected chi connectivity index (χ0v) is 16.7. The van der Waals surface area contributed by atoms with E-state index in [9.17, 15) is 0 Å². The lowest BCUT2D eigenvalue weighted by atomic mass is 9.97. The summed E-state index contributed by atoms with van der Waals surface area (Å²) in [7, 11) is 0. The first-order valence-corrected chi connectivity index (χ1v) is 10.6. The Morgan fingerprint density at radius 3 is 2.61 bits per heavy atom. The summed E-state index contributed by atoms with van der Waals surface area (Å²) in [6.07, 6.45) is 10.6. The third-order valence-electron chi connectivity index (χ3n) is 5.68. The van der Waals surface area contributed by atoms with E-state index < -0.39 is 0 Å². The minimum Gasteiger partial charge on any atom is -0.370 e. The maximum atomic E-state index is 4.75. The lowest BCUT2D eigenvalue weighted by Crippen LogP contribution is -2.46. The molecule has 0 unspecified atom stereocenters. The van der Waals surface area contributed by atoms with Gasteiger partial charge in [0.15, 0.2) is 0 Å². The monoisotopic (exact) mass is 377 g/mol.